The summed E-state index contributed by atoms with van der Waals surface area (Å²) in [6.45, 7) is 0. The lowest BCUT2D eigenvalue weighted by atomic mass is 9.91. The van der Waals surface area contributed by atoms with Crippen LogP contribution in [0.4, 0.5) is 0 Å². The van der Waals surface area contributed by atoms with Crippen molar-refractivity contribution in [3.8, 4) is 22.3 Å². The fourth-order valence-electron chi connectivity index (χ4n) is 2.50. The van der Waals surface area contributed by atoms with Gasteiger partial charge in [0.2, 0.25) is 5.12 Å². The zero-order chi connectivity index (χ0) is 14.7. The van der Waals surface area contributed by atoms with Crippen LogP contribution < -0.4 is 0 Å². The maximum absolute atomic E-state index is 11.9. The van der Waals surface area contributed by atoms with E-state index in [-0.39, 0.29) is 5.12 Å². The van der Waals surface area contributed by atoms with Crippen LogP contribution in [0.15, 0.2) is 78.9 Å². The number of rotatable bonds is 3. The number of carbonyl (C=O) groups is 1. The molecule has 0 radical (unpaired) electrons. The topological polar surface area (TPSA) is 17.1 Å². The maximum atomic E-state index is 11.9. The van der Waals surface area contributed by atoms with Crippen LogP contribution in [0.2, 0.25) is 0 Å². The molecule has 1 nitrogen and oxygen atoms in total. The minimum Gasteiger partial charge on any atom is -0.282 e. The van der Waals surface area contributed by atoms with Gasteiger partial charge >= 0.3 is 0 Å². The molecule has 0 amide bonds. The van der Waals surface area contributed by atoms with Crippen LogP contribution >= 0.6 is 12.6 Å². The molecule has 0 saturated carbocycles. The second kappa shape index (κ2) is 5.98. The van der Waals surface area contributed by atoms with E-state index < -0.39 is 0 Å². The molecule has 0 atom stereocenters. The van der Waals surface area contributed by atoms with Crippen LogP contribution in [0.25, 0.3) is 22.3 Å². The lowest BCUT2D eigenvalue weighted by molar-refractivity contribution is 0.109. The minimum atomic E-state index is -0.216. The second-order valence-electron chi connectivity index (χ2n) is 4.77. The molecule has 0 aliphatic heterocycles. The molecule has 0 spiro atoms. The van der Waals surface area contributed by atoms with E-state index in [0.717, 1.165) is 22.3 Å². The predicted molar refractivity (Wildman–Crippen MR) is 90.6 cm³/mol. The Morgan fingerprint density at radius 2 is 1.24 bits per heavy atom. The zero-order valence-electron chi connectivity index (χ0n) is 11.4. The van der Waals surface area contributed by atoms with E-state index in [0.29, 0.717) is 5.56 Å². The van der Waals surface area contributed by atoms with Gasteiger partial charge in [-0.1, -0.05) is 72.8 Å². The molecule has 0 fully saturated rings. The van der Waals surface area contributed by atoms with Crippen molar-refractivity contribution in [1.82, 2.24) is 0 Å². The summed E-state index contributed by atoms with van der Waals surface area (Å²) < 4.78 is 0. The standard InChI is InChI=1S/C19H14OS/c20-19(21)17-13-7-12-16(14-8-3-1-4-9-14)18(17)15-10-5-2-6-11-15/h1-13H,(H,20,21). The zero-order valence-corrected chi connectivity index (χ0v) is 12.3. The molecule has 0 aliphatic carbocycles. The van der Waals surface area contributed by atoms with Gasteiger partial charge in [-0.25, -0.2) is 0 Å². The van der Waals surface area contributed by atoms with Crippen molar-refractivity contribution in [3.63, 3.8) is 0 Å². The molecule has 0 saturated heterocycles. The Kier molecular flexibility index (Phi) is 3.89. The van der Waals surface area contributed by atoms with E-state index in [1.54, 1.807) is 0 Å². The van der Waals surface area contributed by atoms with E-state index in [2.05, 4.69) is 24.8 Å². The Labute approximate surface area is 129 Å². The molecule has 3 aromatic carbocycles. The van der Waals surface area contributed by atoms with Gasteiger partial charge in [0, 0.05) is 11.1 Å². The van der Waals surface area contributed by atoms with Gasteiger partial charge in [0.1, 0.15) is 0 Å². The van der Waals surface area contributed by atoms with Gasteiger partial charge in [-0.15, -0.1) is 12.6 Å². The SMILES string of the molecule is O=C(S)c1cccc(-c2ccccc2)c1-c1ccccc1. The van der Waals surface area contributed by atoms with Gasteiger partial charge in [0.05, 0.1) is 0 Å². The molecule has 0 heterocycles. The van der Waals surface area contributed by atoms with Crippen molar-refractivity contribution < 1.29 is 4.79 Å². The number of thiol groups is 1. The molecule has 102 valence electrons. The summed E-state index contributed by atoms with van der Waals surface area (Å²) in [5, 5.41) is -0.216. The van der Waals surface area contributed by atoms with Gasteiger partial charge in [0.15, 0.2) is 0 Å². The fourth-order valence-corrected chi connectivity index (χ4v) is 2.69. The van der Waals surface area contributed by atoms with E-state index in [9.17, 15) is 4.79 Å². The Bertz CT molecular complexity index is 764. The van der Waals surface area contributed by atoms with Crippen LogP contribution in [0.3, 0.4) is 0 Å². The largest absolute Gasteiger partial charge is 0.282 e. The third-order valence-electron chi connectivity index (χ3n) is 3.44. The first kappa shape index (κ1) is 13.7. The van der Waals surface area contributed by atoms with Crippen molar-refractivity contribution in [2.24, 2.45) is 0 Å². The van der Waals surface area contributed by atoms with Crippen molar-refractivity contribution in [2.45, 2.75) is 0 Å². The third-order valence-corrected chi connectivity index (χ3v) is 3.68. The fraction of sp³-hybridized carbons (Fsp3) is 0. The molecule has 2 heteroatoms. The lowest BCUT2D eigenvalue weighted by Crippen LogP contribution is -1.96. The van der Waals surface area contributed by atoms with Crippen molar-refractivity contribution in [3.05, 3.63) is 84.4 Å². The summed E-state index contributed by atoms with van der Waals surface area (Å²) in [7, 11) is 0. The summed E-state index contributed by atoms with van der Waals surface area (Å²) >= 11 is 4.03. The van der Waals surface area contributed by atoms with Crippen LogP contribution in [0.1, 0.15) is 10.4 Å². The molecule has 0 aliphatic rings. The summed E-state index contributed by atoms with van der Waals surface area (Å²) in [6, 6.07) is 25.8. The first-order valence-corrected chi connectivity index (χ1v) is 7.19. The molecule has 0 unspecified atom stereocenters. The van der Waals surface area contributed by atoms with Gasteiger partial charge in [0.25, 0.3) is 0 Å². The molecular weight excluding hydrogens is 276 g/mol. The summed E-state index contributed by atoms with van der Waals surface area (Å²) in [4.78, 5) is 11.9. The van der Waals surface area contributed by atoms with E-state index >= 15 is 0 Å². The minimum absolute atomic E-state index is 0.216. The van der Waals surface area contributed by atoms with Gasteiger partial charge < -0.3 is 0 Å². The summed E-state index contributed by atoms with van der Waals surface area (Å²) in [6.07, 6.45) is 0. The summed E-state index contributed by atoms with van der Waals surface area (Å²) in [5.41, 5.74) is 4.72. The Morgan fingerprint density at radius 3 is 1.81 bits per heavy atom. The quantitative estimate of drug-likeness (QED) is 0.665. The molecular formula is C19H14OS. The molecule has 0 bridgehead atoms. The van der Waals surface area contributed by atoms with E-state index in [4.69, 9.17) is 0 Å². The first-order chi connectivity index (χ1) is 10.3. The Hall–Kier alpha value is -2.32. The second-order valence-corrected chi connectivity index (χ2v) is 5.17. The number of hydrogen-bond acceptors (Lipinski definition) is 1. The smallest absolute Gasteiger partial charge is 0.216 e. The lowest BCUT2D eigenvalue weighted by Gasteiger charge is -2.13. The highest BCUT2D eigenvalue weighted by molar-refractivity contribution is 7.97. The number of hydrogen-bond donors (Lipinski definition) is 1. The van der Waals surface area contributed by atoms with Crippen LogP contribution in [-0.4, -0.2) is 5.12 Å². The van der Waals surface area contributed by atoms with Gasteiger partial charge in [-0.3, -0.25) is 4.79 Å². The summed E-state index contributed by atoms with van der Waals surface area (Å²) in [5.74, 6) is 0. The average molecular weight is 290 g/mol. The van der Waals surface area contributed by atoms with E-state index in [1.165, 1.54) is 0 Å². The molecule has 0 N–H and O–H groups in total. The van der Waals surface area contributed by atoms with Gasteiger partial charge in [-0.05, 0) is 22.8 Å². The van der Waals surface area contributed by atoms with E-state index in [1.807, 2.05) is 66.7 Å². The van der Waals surface area contributed by atoms with Crippen molar-refractivity contribution in [1.29, 1.82) is 0 Å². The predicted octanol–water partition coefficient (Wildman–Crippen LogP) is 5.09. The third kappa shape index (κ3) is 2.76. The normalized spacial score (nSPS) is 10.3. The highest BCUT2D eigenvalue weighted by Crippen LogP contribution is 2.35. The van der Waals surface area contributed by atoms with Crippen LogP contribution in [0.5, 0.6) is 0 Å². The molecule has 3 aromatic rings. The maximum Gasteiger partial charge on any atom is 0.216 e. The molecule has 3 rings (SSSR count). The highest BCUT2D eigenvalue weighted by Gasteiger charge is 2.15. The first-order valence-electron chi connectivity index (χ1n) is 6.74. The van der Waals surface area contributed by atoms with Gasteiger partial charge in [-0.2, -0.15) is 0 Å². The monoisotopic (exact) mass is 290 g/mol. The Balaban J connectivity index is 2.31. The Morgan fingerprint density at radius 1 is 0.667 bits per heavy atom. The number of benzene rings is 3. The number of carbonyl (C=O) groups excluding carboxylic acids is 1. The van der Waals surface area contributed by atoms with Crippen LogP contribution in [-0.2, 0) is 0 Å². The average Bonchev–Trinajstić information content (AvgIpc) is 2.55. The van der Waals surface area contributed by atoms with Crippen molar-refractivity contribution >= 4 is 17.7 Å². The van der Waals surface area contributed by atoms with Crippen molar-refractivity contribution in [2.75, 3.05) is 0 Å². The van der Waals surface area contributed by atoms with Crippen LogP contribution in [0, 0.1) is 0 Å². The molecule has 21 heavy (non-hydrogen) atoms. The highest BCUT2D eigenvalue weighted by atomic mass is 32.1. The molecule has 0 aromatic heterocycles.